The fraction of sp³-hybridized carbons (Fsp3) is 0.447. The highest BCUT2D eigenvalue weighted by Crippen LogP contribution is 2.34. The summed E-state index contributed by atoms with van der Waals surface area (Å²) < 4.78 is 18.4. The van der Waals surface area contributed by atoms with Crippen molar-refractivity contribution in [1.82, 2.24) is 4.90 Å². The zero-order valence-corrected chi connectivity index (χ0v) is 35.4. The molecule has 0 saturated carbocycles. The van der Waals surface area contributed by atoms with Gasteiger partial charge in [-0.1, -0.05) is 121 Å². The predicted molar refractivity (Wildman–Crippen MR) is 220 cm³/mol. The van der Waals surface area contributed by atoms with Gasteiger partial charge in [0.05, 0.1) is 12.7 Å². The molecule has 4 aromatic carbocycles. The number of carbonyl (C=O) groups is 2. The molecule has 2 fully saturated rings. The Labute approximate surface area is 357 Å². The molecule has 6 rings (SSSR count). The van der Waals surface area contributed by atoms with Crippen molar-refractivity contribution in [3.05, 3.63) is 144 Å². The molecule has 0 aliphatic carbocycles. The lowest BCUT2D eigenvalue weighted by Crippen LogP contribution is -2.61. The molecule has 328 valence electrons. The molecule has 2 saturated heterocycles. The maximum atomic E-state index is 14.1. The standard InChI is InChI=1S/C47H57NO13/c1-46(2,3)58-45(50)48-38(32-51-47(48,4)5)39(49)26-27-40-42(59-54-29-35-20-12-7-13-21-35)44(61-56-31-37-24-16-9-17-25-37)43(60-55-30-36-22-14-8-15-23-36)41(57-40)33-53-52-28-34-18-10-6-11-19-34/h6-25,38,40-44H,26-33H2,1-5H3/t38-,40+,41-,42+,43+,44-/m1/s1. The van der Waals surface area contributed by atoms with Crippen LogP contribution in [0.1, 0.15) is 69.7 Å². The van der Waals surface area contributed by atoms with Crippen LogP contribution in [0.5, 0.6) is 0 Å². The van der Waals surface area contributed by atoms with Crippen LogP contribution < -0.4 is 0 Å². The van der Waals surface area contributed by atoms with E-state index in [1.54, 1.807) is 34.6 Å². The van der Waals surface area contributed by atoms with Gasteiger partial charge < -0.3 is 14.2 Å². The first-order valence-corrected chi connectivity index (χ1v) is 20.6. The molecule has 0 unspecified atom stereocenters. The Kier molecular flexibility index (Phi) is 16.9. The first-order valence-electron chi connectivity index (χ1n) is 20.6. The summed E-state index contributed by atoms with van der Waals surface area (Å²) in [4.78, 5) is 76.5. The number of amides is 1. The van der Waals surface area contributed by atoms with Gasteiger partial charge >= 0.3 is 6.09 Å². The third-order valence-corrected chi connectivity index (χ3v) is 9.98. The van der Waals surface area contributed by atoms with E-state index in [4.69, 9.17) is 53.3 Å². The summed E-state index contributed by atoms with van der Waals surface area (Å²) in [6, 6.07) is 37.2. The smallest absolute Gasteiger partial charge is 0.413 e. The second-order valence-electron chi connectivity index (χ2n) is 16.3. The zero-order valence-electron chi connectivity index (χ0n) is 35.4. The molecule has 0 bridgehead atoms. The summed E-state index contributed by atoms with van der Waals surface area (Å²) in [6.45, 7) is 9.09. The Morgan fingerprint density at radius 2 is 1.03 bits per heavy atom. The maximum absolute atomic E-state index is 14.1. The van der Waals surface area contributed by atoms with Crippen molar-refractivity contribution in [3.63, 3.8) is 0 Å². The summed E-state index contributed by atoms with van der Waals surface area (Å²) in [5.41, 5.74) is 1.62. The number of ether oxygens (including phenoxy) is 3. The zero-order chi connectivity index (χ0) is 43.1. The Morgan fingerprint density at radius 3 is 1.49 bits per heavy atom. The number of rotatable bonds is 21. The second-order valence-corrected chi connectivity index (χ2v) is 16.3. The van der Waals surface area contributed by atoms with Crippen LogP contribution in [0.3, 0.4) is 0 Å². The number of hydrogen-bond acceptors (Lipinski definition) is 13. The lowest BCUT2D eigenvalue weighted by molar-refractivity contribution is -0.471. The average Bonchev–Trinajstić information content (AvgIpc) is 3.58. The SMILES string of the molecule is CC(C)(C)OC(=O)N1[C@@H](C(=O)CC[C@@H]2O[C@H](COOCc3ccccc3)[C@H](OOCc3ccccc3)[C@H](OOCc3ccccc3)[C@H]2OOCc2ccccc2)COC1(C)C. The fourth-order valence-corrected chi connectivity index (χ4v) is 6.91. The minimum Gasteiger partial charge on any atom is -0.444 e. The lowest BCUT2D eigenvalue weighted by atomic mass is 9.91. The fourth-order valence-electron chi connectivity index (χ4n) is 6.91. The van der Waals surface area contributed by atoms with Gasteiger partial charge in [0.15, 0.2) is 24.1 Å². The third kappa shape index (κ3) is 14.0. The maximum Gasteiger partial charge on any atom is 0.413 e. The van der Waals surface area contributed by atoms with Crippen molar-refractivity contribution < 1.29 is 62.9 Å². The van der Waals surface area contributed by atoms with E-state index in [-0.39, 0.29) is 58.3 Å². The molecule has 61 heavy (non-hydrogen) atoms. The molecule has 2 aliphatic heterocycles. The van der Waals surface area contributed by atoms with E-state index in [2.05, 4.69) is 0 Å². The van der Waals surface area contributed by atoms with E-state index < -0.39 is 54.0 Å². The lowest BCUT2D eigenvalue weighted by Gasteiger charge is -2.43. The molecule has 14 heteroatoms. The second kappa shape index (κ2) is 22.5. The monoisotopic (exact) mass is 843 g/mol. The first kappa shape index (κ1) is 45.9. The van der Waals surface area contributed by atoms with Gasteiger partial charge in [0.1, 0.15) is 56.5 Å². The molecular formula is C47H57NO13. The Morgan fingerprint density at radius 1 is 0.607 bits per heavy atom. The minimum atomic E-state index is -1.08. The van der Waals surface area contributed by atoms with Crippen LogP contribution in [0.25, 0.3) is 0 Å². The molecular weight excluding hydrogens is 787 g/mol. The van der Waals surface area contributed by atoms with Crippen molar-refractivity contribution in [1.29, 1.82) is 0 Å². The average molecular weight is 844 g/mol. The van der Waals surface area contributed by atoms with Gasteiger partial charge in [-0.3, -0.25) is 9.69 Å². The van der Waals surface area contributed by atoms with Crippen molar-refractivity contribution >= 4 is 11.9 Å². The number of Topliss-reactive ketones (excluding diaryl/α,β-unsaturated/α-hetero) is 1. The van der Waals surface area contributed by atoms with E-state index in [1.165, 1.54) is 4.90 Å². The van der Waals surface area contributed by atoms with Gasteiger partial charge in [0.25, 0.3) is 0 Å². The van der Waals surface area contributed by atoms with Gasteiger partial charge in [0, 0.05) is 6.42 Å². The van der Waals surface area contributed by atoms with Crippen molar-refractivity contribution in [2.75, 3.05) is 13.2 Å². The first-order chi connectivity index (χ1) is 29.5. The number of ketones is 1. The highest BCUT2D eigenvalue weighted by molar-refractivity contribution is 5.88. The minimum absolute atomic E-state index is 0.000335. The Hall–Kier alpha value is -4.58. The van der Waals surface area contributed by atoms with E-state index in [1.807, 2.05) is 121 Å². The van der Waals surface area contributed by atoms with E-state index in [0.717, 1.165) is 22.3 Å². The number of hydrogen-bond donors (Lipinski definition) is 0. The molecule has 4 aromatic rings. The van der Waals surface area contributed by atoms with Crippen molar-refractivity contribution in [3.8, 4) is 0 Å². The van der Waals surface area contributed by atoms with Crippen LogP contribution >= 0.6 is 0 Å². The van der Waals surface area contributed by atoms with E-state index >= 15 is 0 Å². The Bertz CT molecular complexity index is 1900. The van der Waals surface area contributed by atoms with Crippen LogP contribution in [0, 0.1) is 0 Å². The highest BCUT2D eigenvalue weighted by Gasteiger charge is 2.52. The molecule has 0 N–H and O–H groups in total. The summed E-state index contributed by atoms with van der Waals surface area (Å²) in [7, 11) is 0. The molecule has 0 spiro atoms. The van der Waals surface area contributed by atoms with Crippen molar-refractivity contribution in [2.45, 2.75) is 122 Å². The number of benzene rings is 4. The van der Waals surface area contributed by atoms with Gasteiger partial charge in [-0.2, -0.15) is 0 Å². The van der Waals surface area contributed by atoms with Gasteiger partial charge in [-0.05, 0) is 63.3 Å². The summed E-state index contributed by atoms with van der Waals surface area (Å²) >= 11 is 0. The largest absolute Gasteiger partial charge is 0.444 e. The van der Waals surface area contributed by atoms with E-state index in [0.29, 0.717) is 0 Å². The van der Waals surface area contributed by atoms with Crippen LogP contribution in [0.4, 0.5) is 4.79 Å². The molecule has 2 aliphatic rings. The van der Waals surface area contributed by atoms with Gasteiger partial charge in [-0.25, -0.2) is 43.9 Å². The van der Waals surface area contributed by atoms with Gasteiger partial charge in [0.2, 0.25) is 0 Å². The molecule has 0 aromatic heterocycles. The molecule has 14 nitrogen and oxygen atoms in total. The molecule has 2 heterocycles. The number of carbonyl (C=O) groups excluding carboxylic acids is 2. The molecule has 6 atom stereocenters. The van der Waals surface area contributed by atoms with Crippen LogP contribution in [0.15, 0.2) is 121 Å². The van der Waals surface area contributed by atoms with Crippen LogP contribution in [-0.4, -0.2) is 77.9 Å². The quantitative estimate of drug-likeness (QED) is 0.0453. The van der Waals surface area contributed by atoms with Crippen LogP contribution in [0.2, 0.25) is 0 Å². The van der Waals surface area contributed by atoms with Gasteiger partial charge in [-0.15, -0.1) is 0 Å². The predicted octanol–water partition coefficient (Wildman–Crippen LogP) is 8.17. The summed E-state index contributed by atoms with van der Waals surface area (Å²) in [6.07, 6.45) is -5.51. The highest BCUT2D eigenvalue weighted by atomic mass is 17.2. The van der Waals surface area contributed by atoms with Crippen LogP contribution in [-0.2, 0) is 84.5 Å². The topological polar surface area (TPSA) is 139 Å². The third-order valence-electron chi connectivity index (χ3n) is 9.98. The molecule has 1 amide bonds. The summed E-state index contributed by atoms with van der Waals surface area (Å²) in [5.74, 6) is -0.259. The number of nitrogens with zero attached hydrogens (tertiary/aromatic N) is 1. The van der Waals surface area contributed by atoms with Crippen molar-refractivity contribution in [2.24, 2.45) is 0 Å². The normalized spacial score (nSPS) is 22.5. The van der Waals surface area contributed by atoms with E-state index in [9.17, 15) is 9.59 Å². The molecule has 0 radical (unpaired) electrons. The summed E-state index contributed by atoms with van der Waals surface area (Å²) in [5, 5.41) is 0. The Balaban J connectivity index is 1.26.